The molecule has 2 nitrogen and oxygen atoms in total. The molecular weight excluding hydrogens is 198 g/mol. The molecule has 1 saturated heterocycles. The highest BCUT2D eigenvalue weighted by Gasteiger charge is 2.27. The summed E-state index contributed by atoms with van der Waals surface area (Å²) in [6.07, 6.45) is 6.12. The van der Waals surface area contributed by atoms with Gasteiger partial charge >= 0.3 is 0 Å². The number of amides is 1. The fraction of sp³-hybridized carbons (Fsp3) is 0.909. The molecule has 3 heteroatoms. The van der Waals surface area contributed by atoms with E-state index in [1.54, 1.807) is 0 Å². The van der Waals surface area contributed by atoms with E-state index in [0.29, 0.717) is 24.2 Å². The van der Waals surface area contributed by atoms with E-state index in [1.807, 2.05) is 0 Å². The molecule has 0 aliphatic carbocycles. The molecule has 0 aromatic rings. The van der Waals surface area contributed by atoms with Crippen molar-refractivity contribution in [2.24, 2.45) is 0 Å². The highest BCUT2D eigenvalue weighted by molar-refractivity contribution is 6.17. The van der Waals surface area contributed by atoms with Crippen molar-refractivity contribution in [1.29, 1.82) is 0 Å². The van der Waals surface area contributed by atoms with Crippen LogP contribution >= 0.6 is 11.6 Å². The Hall–Kier alpha value is -0.240. The van der Waals surface area contributed by atoms with Gasteiger partial charge in [0.05, 0.1) is 0 Å². The summed E-state index contributed by atoms with van der Waals surface area (Å²) in [4.78, 5) is 13.8. The molecular formula is C11H20ClNO. The summed E-state index contributed by atoms with van der Waals surface area (Å²) in [7, 11) is 0. The highest BCUT2D eigenvalue weighted by Crippen LogP contribution is 2.22. The molecule has 0 aromatic carbocycles. The number of rotatable bonds is 5. The van der Waals surface area contributed by atoms with Crippen molar-refractivity contribution >= 4 is 17.5 Å². The Bertz CT molecular complexity index is 184. The van der Waals surface area contributed by atoms with Crippen molar-refractivity contribution in [3.05, 3.63) is 0 Å². The third-order valence-electron chi connectivity index (χ3n) is 2.83. The van der Waals surface area contributed by atoms with Crippen molar-refractivity contribution in [3.63, 3.8) is 0 Å². The van der Waals surface area contributed by atoms with Crippen LogP contribution in [0.15, 0.2) is 0 Å². The molecule has 1 rings (SSSR count). The number of hydrogen-bond donors (Lipinski definition) is 0. The zero-order valence-corrected chi connectivity index (χ0v) is 9.72. The van der Waals surface area contributed by atoms with Crippen LogP contribution in [0.2, 0.25) is 0 Å². The van der Waals surface area contributed by atoms with Gasteiger partial charge in [0.1, 0.15) is 0 Å². The summed E-state index contributed by atoms with van der Waals surface area (Å²) in [5.41, 5.74) is 0. The lowest BCUT2D eigenvalue weighted by atomic mass is 10.1. The topological polar surface area (TPSA) is 20.3 Å². The quantitative estimate of drug-likeness (QED) is 0.649. The van der Waals surface area contributed by atoms with Gasteiger partial charge in [-0.15, -0.1) is 11.6 Å². The van der Waals surface area contributed by atoms with Crippen molar-refractivity contribution in [1.82, 2.24) is 4.90 Å². The maximum absolute atomic E-state index is 11.7. The number of alkyl halides is 1. The van der Waals surface area contributed by atoms with Gasteiger partial charge in [-0.3, -0.25) is 4.79 Å². The molecule has 1 fully saturated rings. The highest BCUT2D eigenvalue weighted by atomic mass is 35.5. The lowest BCUT2D eigenvalue weighted by Crippen LogP contribution is -2.35. The van der Waals surface area contributed by atoms with E-state index < -0.39 is 0 Å². The third-order valence-corrected chi connectivity index (χ3v) is 3.10. The van der Waals surface area contributed by atoms with Gasteiger partial charge in [-0.1, -0.05) is 6.92 Å². The molecule has 1 atom stereocenters. The summed E-state index contributed by atoms with van der Waals surface area (Å²) < 4.78 is 0. The van der Waals surface area contributed by atoms with Crippen molar-refractivity contribution < 1.29 is 4.79 Å². The largest absolute Gasteiger partial charge is 0.340 e. The maximum atomic E-state index is 11.7. The Kier molecular flexibility index (Phi) is 5.31. The molecule has 0 saturated carbocycles. The molecule has 0 bridgehead atoms. The summed E-state index contributed by atoms with van der Waals surface area (Å²) in [5, 5.41) is 0. The van der Waals surface area contributed by atoms with Crippen molar-refractivity contribution in [3.8, 4) is 0 Å². The van der Waals surface area contributed by atoms with E-state index in [4.69, 9.17) is 11.6 Å². The van der Waals surface area contributed by atoms with Crippen molar-refractivity contribution in [2.75, 3.05) is 12.4 Å². The first-order valence-electron chi connectivity index (χ1n) is 5.65. The van der Waals surface area contributed by atoms with Gasteiger partial charge in [-0.2, -0.15) is 0 Å². The Labute approximate surface area is 91.6 Å². The Morgan fingerprint density at radius 2 is 2.36 bits per heavy atom. The minimum Gasteiger partial charge on any atom is -0.340 e. The first kappa shape index (κ1) is 11.8. The number of likely N-dealkylation sites (tertiary alicyclic amines) is 1. The molecule has 82 valence electrons. The maximum Gasteiger partial charge on any atom is 0.222 e. The Morgan fingerprint density at radius 1 is 1.57 bits per heavy atom. The number of carbonyl (C=O) groups is 1. The molecule has 0 spiro atoms. The minimum atomic E-state index is 0.338. The number of halogens is 1. The molecule has 1 aliphatic heterocycles. The first-order chi connectivity index (χ1) is 6.79. The van der Waals surface area contributed by atoms with Gasteiger partial charge < -0.3 is 4.90 Å². The van der Waals surface area contributed by atoms with E-state index in [9.17, 15) is 4.79 Å². The second kappa shape index (κ2) is 6.28. The van der Waals surface area contributed by atoms with E-state index in [-0.39, 0.29) is 0 Å². The Balaban J connectivity index is 2.38. The van der Waals surface area contributed by atoms with Gasteiger partial charge in [-0.25, -0.2) is 0 Å². The van der Waals surface area contributed by atoms with Gasteiger partial charge in [0, 0.05) is 24.9 Å². The predicted molar refractivity (Wildman–Crippen MR) is 59.6 cm³/mol. The van der Waals surface area contributed by atoms with Crippen molar-refractivity contribution in [2.45, 2.75) is 51.5 Å². The lowest BCUT2D eigenvalue weighted by Gasteiger charge is -2.24. The van der Waals surface area contributed by atoms with Crippen LogP contribution in [0, 0.1) is 0 Å². The van der Waals surface area contributed by atoms with Crippen LogP contribution in [0.1, 0.15) is 45.4 Å². The molecule has 1 unspecified atom stereocenters. The SMILES string of the molecule is CCCC(=O)N1CCCC1CCCCl. The van der Waals surface area contributed by atoms with E-state index in [0.717, 1.165) is 25.8 Å². The van der Waals surface area contributed by atoms with Crippen LogP contribution in [0.25, 0.3) is 0 Å². The second-order valence-electron chi connectivity index (χ2n) is 3.96. The van der Waals surface area contributed by atoms with Gasteiger partial charge in [-0.05, 0) is 32.1 Å². The molecule has 0 N–H and O–H groups in total. The van der Waals surface area contributed by atoms with Crippen LogP contribution in [0.4, 0.5) is 0 Å². The summed E-state index contributed by atoms with van der Waals surface area (Å²) >= 11 is 5.66. The summed E-state index contributed by atoms with van der Waals surface area (Å²) in [6.45, 7) is 3.02. The van der Waals surface area contributed by atoms with Crippen LogP contribution in [0.5, 0.6) is 0 Å². The van der Waals surface area contributed by atoms with Crippen LogP contribution < -0.4 is 0 Å². The molecule has 1 heterocycles. The standard InChI is InChI=1S/C11H20ClNO/c1-2-5-11(14)13-9-4-7-10(13)6-3-8-12/h10H,2-9H2,1H3. The van der Waals surface area contributed by atoms with Gasteiger partial charge in [0.2, 0.25) is 5.91 Å². The minimum absolute atomic E-state index is 0.338. The average Bonchev–Trinajstić information content (AvgIpc) is 2.63. The van der Waals surface area contributed by atoms with Gasteiger partial charge in [0.15, 0.2) is 0 Å². The molecule has 1 amide bonds. The smallest absolute Gasteiger partial charge is 0.222 e. The number of hydrogen-bond acceptors (Lipinski definition) is 1. The van der Waals surface area contributed by atoms with E-state index in [1.165, 1.54) is 12.8 Å². The lowest BCUT2D eigenvalue weighted by molar-refractivity contribution is -0.132. The average molecular weight is 218 g/mol. The van der Waals surface area contributed by atoms with Gasteiger partial charge in [0.25, 0.3) is 0 Å². The molecule has 0 aromatic heterocycles. The second-order valence-corrected chi connectivity index (χ2v) is 4.34. The third kappa shape index (κ3) is 3.16. The zero-order chi connectivity index (χ0) is 10.4. The van der Waals surface area contributed by atoms with E-state index >= 15 is 0 Å². The zero-order valence-electron chi connectivity index (χ0n) is 8.97. The predicted octanol–water partition coefficient (Wildman–Crippen LogP) is 2.80. The fourth-order valence-electron chi connectivity index (χ4n) is 2.13. The molecule has 1 aliphatic rings. The van der Waals surface area contributed by atoms with Crippen LogP contribution in [-0.2, 0) is 4.79 Å². The number of carbonyl (C=O) groups excluding carboxylic acids is 1. The molecule has 14 heavy (non-hydrogen) atoms. The van der Waals surface area contributed by atoms with Crippen LogP contribution in [0.3, 0.4) is 0 Å². The summed E-state index contributed by atoms with van der Waals surface area (Å²) in [5.74, 6) is 1.05. The molecule has 0 radical (unpaired) electrons. The fourth-order valence-corrected chi connectivity index (χ4v) is 2.29. The van der Waals surface area contributed by atoms with Crippen LogP contribution in [-0.4, -0.2) is 29.3 Å². The first-order valence-corrected chi connectivity index (χ1v) is 6.18. The number of nitrogens with zero attached hydrogens (tertiary/aromatic N) is 1. The normalized spacial score (nSPS) is 21.6. The Morgan fingerprint density at radius 3 is 3.00 bits per heavy atom. The summed E-state index contributed by atoms with van der Waals surface area (Å²) in [6, 6.07) is 0.479. The van der Waals surface area contributed by atoms with E-state index in [2.05, 4.69) is 11.8 Å². The monoisotopic (exact) mass is 217 g/mol.